The molecule has 1 rings (SSSR count). The van der Waals surface area contributed by atoms with Crippen LogP contribution in [0.3, 0.4) is 0 Å². The number of hydrogen-bond acceptors (Lipinski definition) is 2. The van der Waals surface area contributed by atoms with Crippen LogP contribution in [0.1, 0.15) is 26.7 Å². The molecule has 1 aliphatic rings. The van der Waals surface area contributed by atoms with E-state index in [9.17, 15) is 0 Å². The number of hydrogen-bond donors (Lipinski definition) is 0. The van der Waals surface area contributed by atoms with Gasteiger partial charge >= 0.3 is 0 Å². The molecule has 0 saturated carbocycles. The summed E-state index contributed by atoms with van der Waals surface area (Å²) >= 11 is 0. The van der Waals surface area contributed by atoms with Crippen LogP contribution in [-0.2, 0) is 4.74 Å². The summed E-state index contributed by atoms with van der Waals surface area (Å²) in [5.41, 5.74) is 0. The van der Waals surface area contributed by atoms with Gasteiger partial charge in [-0.3, -0.25) is 4.90 Å². The van der Waals surface area contributed by atoms with Crippen LogP contribution in [0.2, 0.25) is 0 Å². The molecule has 0 radical (unpaired) electrons. The standard InChI is InChI=1S/C12H23NO/c1-3-5-12(2)6-4-7-13-8-10-14-11-9-13/h4,6,12H,3,5,7-11H2,1-2H3/b6-4-. The van der Waals surface area contributed by atoms with E-state index in [-0.39, 0.29) is 0 Å². The van der Waals surface area contributed by atoms with Gasteiger partial charge < -0.3 is 4.74 Å². The van der Waals surface area contributed by atoms with Gasteiger partial charge in [0.1, 0.15) is 0 Å². The van der Waals surface area contributed by atoms with Gasteiger partial charge in [0.25, 0.3) is 0 Å². The summed E-state index contributed by atoms with van der Waals surface area (Å²) in [5, 5.41) is 0. The maximum Gasteiger partial charge on any atom is 0.0594 e. The van der Waals surface area contributed by atoms with Crippen molar-refractivity contribution < 1.29 is 4.74 Å². The van der Waals surface area contributed by atoms with Crippen molar-refractivity contribution in [3.63, 3.8) is 0 Å². The van der Waals surface area contributed by atoms with Gasteiger partial charge in [0.15, 0.2) is 0 Å². The van der Waals surface area contributed by atoms with Crippen LogP contribution in [0.25, 0.3) is 0 Å². The van der Waals surface area contributed by atoms with E-state index in [1.54, 1.807) is 0 Å². The molecule has 2 heteroatoms. The highest BCUT2D eigenvalue weighted by Crippen LogP contribution is 2.06. The zero-order valence-corrected chi connectivity index (χ0v) is 9.54. The van der Waals surface area contributed by atoms with E-state index < -0.39 is 0 Å². The molecule has 0 spiro atoms. The van der Waals surface area contributed by atoms with E-state index in [1.807, 2.05) is 0 Å². The van der Waals surface area contributed by atoms with Gasteiger partial charge in [-0.05, 0) is 12.3 Å². The molecule has 1 atom stereocenters. The molecule has 1 fully saturated rings. The van der Waals surface area contributed by atoms with Crippen molar-refractivity contribution in [2.75, 3.05) is 32.8 Å². The van der Waals surface area contributed by atoms with Crippen LogP contribution < -0.4 is 0 Å². The van der Waals surface area contributed by atoms with E-state index in [2.05, 4.69) is 30.9 Å². The topological polar surface area (TPSA) is 12.5 Å². The predicted molar refractivity (Wildman–Crippen MR) is 60.5 cm³/mol. The van der Waals surface area contributed by atoms with Gasteiger partial charge in [-0.1, -0.05) is 32.4 Å². The van der Waals surface area contributed by atoms with Crippen LogP contribution in [0.5, 0.6) is 0 Å². The molecule has 82 valence electrons. The summed E-state index contributed by atoms with van der Waals surface area (Å²) in [6, 6.07) is 0. The second kappa shape index (κ2) is 7.02. The summed E-state index contributed by atoms with van der Waals surface area (Å²) in [6.45, 7) is 9.61. The molecule has 1 saturated heterocycles. The summed E-state index contributed by atoms with van der Waals surface area (Å²) in [7, 11) is 0. The molecule has 14 heavy (non-hydrogen) atoms. The quantitative estimate of drug-likeness (QED) is 0.627. The number of morpholine rings is 1. The Morgan fingerprint density at radius 2 is 2.07 bits per heavy atom. The highest BCUT2D eigenvalue weighted by Gasteiger charge is 2.07. The summed E-state index contributed by atoms with van der Waals surface area (Å²) in [4.78, 5) is 2.44. The SMILES string of the molecule is CCCC(C)/C=C\CN1CCOCC1. The summed E-state index contributed by atoms with van der Waals surface area (Å²) in [6.07, 6.45) is 7.24. The molecule has 0 aromatic carbocycles. The van der Waals surface area contributed by atoms with Crippen LogP contribution in [-0.4, -0.2) is 37.7 Å². The molecule has 1 unspecified atom stereocenters. The van der Waals surface area contributed by atoms with E-state index >= 15 is 0 Å². The molecule has 0 aliphatic carbocycles. The molecular weight excluding hydrogens is 174 g/mol. The molecular formula is C12H23NO. The van der Waals surface area contributed by atoms with Crippen LogP contribution >= 0.6 is 0 Å². The molecule has 1 aliphatic heterocycles. The van der Waals surface area contributed by atoms with E-state index in [1.165, 1.54) is 12.8 Å². The highest BCUT2D eigenvalue weighted by molar-refractivity contribution is 4.89. The average Bonchev–Trinajstić information content (AvgIpc) is 2.20. The zero-order chi connectivity index (χ0) is 10.2. The Morgan fingerprint density at radius 1 is 1.36 bits per heavy atom. The summed E-state index contributed by atoms with van der Waals surface area (Å²) in [5.74, 6) is 0.737. The van der Waals surface area contributed by atoms with Crippen molar-refractivity contribution in [2.24, 2.45) is 5.92 Å². The third-order valence-electron chi connectivity index (χ3n) is 2.68. The smallest absolute Gasteiger partial charge is 0.0594 e. The van der Waals surface area contributed by atoms with Crippen LogP contribution in [0, 0.1) is 5.92 Å². The Bertz CT molecular complexity index is 162. The Balaban J connectivity index is 2.11. The lowest BCUT2D eigenvalue weighted by atomic mass is 10.1. The van der Waals surface area contributed by atoms with Crippen molar-refractivity contribution in [2.45, 2.75) is 26.7 Å². The molecule has 1 heterocycles. The fourth-order valence-corrected chi connectivity index (χ4v) is 1.78. The molecule has 0 bridgehead atoms. The van der Waals surface area contributed by atoms with Crippen molar-refractivity contribution >= 4 is 0 Å². The minimum absolute atomic E-state index is 0.737. The Hall–Kier alpha value is -0.340. The Kier molecular flexibility index (Phi) is 5.88. The molecule has 0 amide bonds. The first-order valence-electron chi connectivity index (χ1n) is 5.79. The third kappa shape index (κ3) is 4.77. The number of rotatable bonds is 5. The molecule has 0 aromatic heterocycles. The third-order valence-corrected chi connectivity index (χ3v) is 2.68. The van der Waals surface area contributed by atoms with Gasteiger partial charge in [0.05, 0.1) is 13.2 Å². The second-order valence-corrected chi connectivity index (χ2v) is 4.11. The lowest BCUT2D eigenvalue weighted by molar-refractivity contribution is 0.0434. The Labute approximate surface area is 87.9 Å². The van der Waals surface area contributed by atoms with Crippen molar-refractivity contribution in [1.29, 1.82) is 0 Å². The summed E-state index contributed by atoms with van der Waals surface area (Å²) < 4.78 is 5.30. The molecule has 2 nitrogen and oxygen atoms in total. The fraction of sp³-hybridized carbons (Fsp3) is 0.833. The number of nitrogens with zero attached hydrogens (tertiary/aromatic N) is 1. The minimum Gasteiger partial charge on any atom is -0.379 e. The number of allylic oxidation sites excluding steroid dienone is 1. The minimum atomic E-state index is 0.737. The van der Waals surface area contributed by atoms with E-state index in [0.29, 0.717) is 0 Å². The van der Waals surface area contributed by atoms with Gasteiger partial charge in [-0.15, -0.1) is 0 Å². The monoisotopic (exact) mass is 197 g/mol. The van der Waals surface area contributed by atoms with Crippen LogP contribution in [0.4, 0.5) is 0 Å². The van der Waals surface area contributed by atoms with Crippen LogP contribution in [0.15, 0.2) is 12.2 Å². The lowest BCUT2D eigenvalue weighted by Crippen LogP contribution is -2.36. The van der Waals surface area contributed by atoms with E-state index in [0.717, 1.165) is 38.8 Å². The average molecular weight is 197 g/mol. The first-order valence-corrected chi connectivity index (χ1v) is 5.79. The highest BCUT2D eigenvalue weighted by atomic mass is 16.5. The van der Waals surface area contributed by atoms with Crippen molar-refractivity contribution in [1.82, 2.24) is 4.90 Å². The normalized spacial score (nSPS) is 21.6. The van der Waals surface area contributed by atoms with Gasteiger partial charge in [-0.25, -0.2) is 0 Å². The first-order chi connectivity index (χ1) is 6.83. The molecule has 0 aromatic rings. The zero-order valence-electron chi connectivity index (χ0n) is 9.54. The van der Waals surface area contributed by atoms with E-state index in [4.69, 9.17) is 4.74 Å². The fourth-order valence-electron chi connectivity index (χ4n) is 1.78. The maximum atomic E-state index is 5.30. The van der Waals surface area contributed by atoms with Crippen molar-refractivity contribution in [3.05, 3.63) is 12.2 Å². The molecule has 0 N–H and O–H groups in total. The maximum absolute atomic E-state index is 5.30. The predicted octanol–water partition coefficient (Wildman–Crippen LogP) is 2.31. The Morgan fingerprint density at radius 3 is 2.71 bits per heavy atom. The first kappa shape index (κ1) is 11.7. The number of ether oxygens (including phenoxy) is 1. The van der Waals surface area contributed by atoms with Gasteiger partial charge in [0.2, 0.25) is 0 Å². The van der Waals surface area contributed by atoms with Gasteiger partial charge in [0, 0.05) is 19.6 Å². The van der Waals surface area contributed by atoms with Crippen molar-refractivity contribution in [3.8, 4) is 0 Å². The lowest BCUT2D eigenvalue weighted by Gasteiger charge is -2.25. The second-order valence-electron chi connectivity index (χ2n) is 4.11. The van der Waals surface area contributed by atoms with Gasteiger partial charge in [-0.2, -0.15) is 0 Å². The largest absolute Gasteiger partial charge is 0.379 e.